The third-order valence-electron chi connectivity index (χ3n) is 9.91. The van der Waals surface area contributed by atoms with E-state index in [1.807, 2.05) is 66.8 Å². The minimum Gasteiger partial charge on any atom is -0.462 e. The molecule has 0 saturated carbocycles. The Morgan fingerprint density at radius 2 is 0.738 bits per heavy atom. The first kappa shape index (κ1) is 57.1. The smallest absolute Gasteiger partial charge is 0.306 e. The second-order valence-electron chi connectivity index (χ2n) is 15.8. The van der Waals surface area contributed by atoms with E-state index < -0.39 is 12.1 Å². The fourth-order valence-corrected chi connectivity index (χ4v) is 6.22. The molecule has 1 unspecified atom stereocenters. The Bertz CT molecular complexity index is 1290. The van der Waals surface area contributed by atoms with Gasteiger partial charge in [-0.15, -0.1) is 0 Å². The van der Waals surface area contributed by atoms with Gasteiger partial charge in [0.25, 0.3) is 0 Å². The largest absolute Gasteiger partial charge is 0.462 e. The summed E-state index contributed by atoms with van der Waals surface area (Å²) in [7, 11) is 0. The van der Waals surface area contributed by atoms with Gasteiger partial charge in [-0.05, 0) is 83.5 Å². The van der Waals surface area contributed by atoms with E-state index >= 15 is 0 Å². The van der Waals surface area contributed by atoms with Crippen LogP contribution in [0.25, 0.3) is 0 Å². The third-order valence-corrected chi connectivity index (χ3v) is 9.91. The van der Waals surface area contributed by atoms with Crippen molar-refractivity contribution < 1.29 is 28.6 Å². The molecule has 0 radical (unpaired) electrons. The van der Waals surface area contributed by atoms with Gasteiger partial charge in [0.2, 0.25) is 0 Å². The van der Waals surface area contributed by atoms with Crippen molar-refractivity contribution in [2.75, 3.05) is 13.2 Å². The van der Waals surface area contributed by atoms with E-state index in [9.17, 15) is 14.4 Å². The highest BCUT2D eigenvalue weighted by atomic mass is 16.6. The topological polar surface area (TPSA) is 78.9 Å². The molecule has 0 fully saturated rings. The number of carbonyl (C=O) groups is 3. The van der Waals surface area contributed by atoms with Crippen molar-refractivity contribution >= 4 is 17.9 Å². The van der Waals surface area contributed by atoms with Crippen LogP contribution < -0.4 is 0 Å². The van der Waals surface area contributed by atoms with Gasteiger partial charge in [-0.25, -0.2) is 0 Å². The molecule has 0 spiro atoms. The number of allylic oxidation sites excluding steroid dienone is 18. The summed E-state index contributed by atoms with van der Waals surface area (Å²) in [5.41, 5.74) is 0. The van der Waals surface area contributed by atoms with Gasteiger partial charge in [-0.2, -0.15) is 0 Å². The monoisotopic (exact) mass is 845 g/mol. The standard InChI is InChI=1S/C55H88O6/c1-4-7-10-13-16-19-22-25-26-27-28-31-33-36-39-42-45-48-54(57)60-51-52(61-55(58)49-46-43-40-37-34-30-24-21-18-15-12-9-6-3)50-59-53(56)47-44-41-38-35-32-29-23-20-17-14-11-8-5-2/h7,10,13,16,19,22,25-34,40,43,52H,4-6,8-9,11-12,14-15,17-18,20-21,23-24,35-39,41-42,44-51H2,1-3H3/b10-7-,16-13-,22-19-,26-25-,28-27+,32-29-,33-31-,34-30-,43-40-. The van der Waals surface area contributed by atoms with Crippen molar-refractivity contribution in [1.82, 2.24) is 0 Å². The quantitative estimate of drug-likeness (QED) is 0.0200. The Balaban J connectivity index is 4.58. The summed E-state index contributed by atoms with van der Waals surface area (Å²) in [6.45, 7) is 6.35. The first-order chi connectivity index (χ1) is 30.0. The molecule has 61 heavy (non-hydrogen) atoms. The van der Waals surface area contributed by atoms with Crippen LogP contribution in [0.4, 0.5) is 0 Å². The summed E-state index contributed by atoms with van der Waals surface area (Å²) in [5, 5.41) is 0. The van der Waals surface area contributed by atoms with Crippen LogP contribution in [0.3, 0.4) is 0 Å². The summed E-state index contributed by atoms with van der Waals surface area (Å²) >= 11 is 0. The lowest BCUT2D eigenvalue weighted by Crippen LogP contribution is -2.30. The predicted molar refractivity (Wildman–Crippen MR) is 260 cm³/mol. The van der Waals surface area contributed by atoms with Gasteiger partial charge in [0.1, 0.15) is 13.2 Å². The molecule has 0 aliphatic rings. The molecule has 0 aromatic heterocycles. The van der Waals surface area contributed by atoms with Crippen LogP contribution >= 0.6 is 0 Å². The summed E-state index contributed by atoms with van der Waals surface area (Å²) in [5.74, 6) is -1.06. The summed E-state index contributed by atoms with van der Waals surface area (Å²) < 4.78 is 16.6. The van der Waals surface area contributed by atoms with Gasteiger partial charge >= 0.3 is 17.9 Å². The van der Waals surface area contributed by atoms with Crippen LogP contribution in [0.5, 0.6) is 0 Å². The van der Waals surface area contributed by atoms with Gasteiger partial charge in [-0.1, -0.05) is 207 Å². The summed E-state index contributed by atoms with van der Waals surface area (Å²) in [4.78, 5) is 37.8. The second-order valence-corrected chi connectivity index (χ2v) is 15.8. The number of hydrogen-bond acceptors (Lipinski definition) is 6. The van der Waals surface area contributed by atoms with E-state index in [4.69, 9.17) is 14.2 Å². The number of carbonyl (C=O) groups excluding carboxylic acids is 3. The first-order valence-electron chi connectivity index (χ1n) is 24.5. The number of rotatable bonds is 42. The van der Waals surface area contributed by atoms with Crippen molar-refractivity contribution in [3.05, 3.63) is 109 Å². The van der Waals surface area contributed by atoms with E-state index in [2.05, 4.69) is 63.3 Å². The number of ether oxygens (including phenoxy) is 3. The van der Waals surface area contributed by atoms with Gasteiger partial charge in [0.05, 0.1) is 0 Å². The fraction of sp³-hybridized carbons (Fsp3) is 0.618. The molecule has 0 bridgehead atoms. The Morgan fingerprint density at radius 1 is 0.361 bits per heavy atom. The molecule has 6 nitrogen and oxygen atoms in total. The zero-order valence-corrected chi connectivity index (χ0v) is 39.1. The minimum absolute atomic E-state index is 0.125. The van der Waals surface area contributed by atoms with Crippen LogP contribution in [-0.2, 0) is 28.6 Å². The highest BCUT2D eigenvalue weighted by Crippen LogP contribution is 2.11. The lowest BCUT2D eigenvalue weighted by Gasteiger charge is -2.18. The van der Waals surface area contributed by atoms with Crippen molar-refractivity contribution in [1.29, 1.82) is 0 Å². The highest BCUT2D eigenvalue weighted by molar-refractivity contribution is 5.71. The van der Waals surface area contributed by atoms with Crippen LogP contribution in [0.15, 0.2) is 109 Å². The maximum atomic E-state index is 12.7. The molecule has 0 heterocycles. The fourth-order valence-electron chi connectivity index (χ4n) is 6.22. The molecule has 6 heteroatoms. The SMILES string of the molecule is CC\C=C/C=C\C=C/C=C\C=C\C=C/CCCCCC(=O)OCC(COC(=O)CCCCC/C=C\CCCCCCCC)OC(=O)CC/C=C\C/C=C\CCCCCCCC. The van der Waals surface area contributed by atoms with E-state index in [1.54, 1.807) is 0 Å². The number of unbranched alkanes of at least 4 members (excludes halogenated alkanes) is 18. The summed E-state index contributed by atoms with van der Waals surface area (Å²) in [6, 6.07) is 0. The van der Waals surface area contributed by atoms with E-state index in [1.165, 1.54) is 77.0 Å². The van der Waals surface area contributed by atoms with Crippen LogP contribution in [-0.4, -0.2) is 37.2 Å². The predicted octanol–water partition coefficient (Wildman–Crippen LogP) is 16.0. The van der Waals surface area contributed by atoms with E-state index in [0.717, 1.165) is 77.0 Å². The zero-order chi connectivity index (χ0) is 44.4. The van der Waals surface area contributed by atoms with Crippen LogP contribution in [0.2, 0.25) is 0 Å². The van der Waals surface area contributed by atoms with Crippen molar-refractivity contribution in [3.8, 4) is 0 Å². The normalized spacial score (nSPS) is 13.0. The lowest BCUT2D eigenvalue weighted by molar-refractivity contribution is -0.166. The van der Waals surface area contributed by atoms with Gasteiger partial charge in [0.15, 0.2) is 6.10 Å². The summed E-state index contributed by atoms with van der Waals surface area (Å²) in [6.07, 6.45) is 65.1. The van der Waals surface area contributed by atoms with Gasteiger partial charge in [0, 0.05) is 19.3 Å². The van der Waals surface area contributed by atoms with Crippen molar-refractivity contribution in [3.63, 3.8) is 0 Å². The van der Waals surface area contributed by atoms with E-state index in [0.29, 0.717) is 19.3 Å². The molecule has 0 aromatic carbocycles. The Hall–Kier alpha value is -3.93. The minimum atomic E-state index is -0.833. The number of esters is 3. The first-order valence-corrected chi connectivity index (χ1v) is 24.5. The van der Waals surface area contributed by atoms with Crippen molar-refractivity contribution in [2.45, 2.75) is 207 Å². The number of hydrogen-bond donors (Lipinski definition) is 0. The molecule has 0 N–H and O–H groups in total. The average Bonchev–Trinajstić information content (AvgIpc) is 3.26. The Labute approximate surface area is 374 Å². The molecule has 1 atom stereocenters. The van der Waals surface area contributed by atoms with Crippen LogP contribution in [0.1, 0.15) is 201 Å². The lowest BCUT2D eigenvalue weighted by atomic mass is 10.1. The van der Waals surface area contributed by atoms with Crippen LogP contribution in [0, 0.1) is 0 Å². The Kier molecular flexibility index (Phi) is 45.6. The molecular formula is C55H88O6. The molecule has 344 valence electrons. The maximum Gasteiger partial charge on any atom is 0.306 e. The molecule has 0 aliphatic heterocycles. The molecule has 0 rings (SSSR count). The average molecular weight is 845 g/mol. The zero-order valence-electron chi connectivity index (χ0n) is 39.1. The van der Waals surface area contributed by atoms with Gasteiger partial charge in [-0.3, -0.25) is 14.4 Å². The van der Waals surface area contributed by atoms with E-state index in [-0.39, 0.29) is 31.6 Å². The Morgan fingerprint density at radius 3 is 1.21 bits per heavy atom. The van der Waals surface area contributed by atoms with Gasteiger partial charge < -0.3 is 14.2 Å². The maximum absolute atomic E-state index is 12.7. The molecule has 0 saturated heterocycles. The molecule has 0 amide bonds. The third kappa shape index (κ3) is 47.0. The molecule has 0 aliphatic carbocycles. The molecular weight excluding hydrogens is 757 g/mol. The second kappa shape index (κ2) is 48.7. The molecule has 0 aromatic rings. The highest BCUT2D eigenvalue weighted by Gasteiger charge is 2.19. The van der Waals surface area contributed by atoms with Crippen molar-refractivity contribution in [2.24, 2.45) is 0 Å².